The summed E-state index contributed by atoms with van der Waals surface area (Å²) in [5, 5.41) is 6.16. The summed E-state index contributed by atoms with van der Waals surface area (Å²) in [6, 6.07) is 14.0. The van der Waals surface area contributed by atoms with Crippen LogP contribution in [0.1, 0.15) is 31.0 Å². The van der Waals surface area contributed by atoms with E-state index in [1.807, 2.05) is 25.1 Å². The van der Waals surface area contributed by atoms with Gasteiger partial charge in [0.05, 0.1) is 28.9 Å². The fourth-order valence-corrected chi connectivity index (χ4v) is 3.48. The molecule has 2 N–H and O–H groups in total. The molecule has 0 aliphatic rings. The molecule has 0 heterocycles. The van der Waals surface area contributed by atoms with E-state index in [0.29, 0.717) is 30.4 Å². The molecular weight excluding hydrogens is 514 g/mol. The van der Waals surface area contributed by atoms with Gasteiger partial charge in [0.25, 0.3) is 0 Å². The Hall–Kier alpha value is -1.62. The molecule has 2 atom stereocenters. The summed E-state index contributed by atoms with van der Waals surface area (Å²) in [5.41, 5.74) is -0.174. The van der Waals surface area contributed by atoms with Crippen molar-refractivity contribution < 1.29 is 17.4 Å². The normalized spacial score (nSPS) is 13.9. The van der Waals surface area contributed by atoms with Gasteiger partial charge in [0.15, 0.2) is 5.96 Å². The van der Waals surface area contributed by atoms with Gasteiger partial charge in [-0.15, -0.1) is 24.0 Å². The number of halogens is 4. The molecule has 0 radical (unpaired) electrons. The van der Waals surface area contributed by atoms with Crippen LogP contribution >= 0.6 is 24.0 Å². The largest absolute Gasteiger partial charge is 0.416 e. The van der Waals surface area contributed by atoms with Crippen LogP contribution < -0.4 is 10.6 Å². The van der Waals surface area contributed by atoms with Crippen LogP contribution in [-0.4, -0.2) is 29.0 Å². The lowest BCUT2D eigenvalue weighted by atomic mass is 10.1. The first-order valence-corrected chi connectivity index (χ1v) is 10.3. The summed E-state index contributed by atoms with van der Waals surface area (Å²) in [4.78, 5) is 5.14. The number of nitrogens with zero attached hydrogens (tertiary/aromatic N) is 1. The summed E-state index contributed by atoms with van der Waals surface area (Å²) in [7, 11) is -1.15. The summed E-state index contributed by atoms with van der Waals surface area (Å²) < 4.78 is 51.0. The number of nitrogens with one attached hydrogen (secondary N) is 2. The highest BCUT2D eigenvalue weighted by molar-refractivity contribution is 14.0. The predicted octanol–water partition coefficient (Wildman–Crippen LogP) is 4.75. The first kappa shape index (κ1) is 25.4. The molecule has 160 valence electrons. The van der Waals surface area contributed by atoms with Gasteiger partial charge >= 0.3 is 6.18 Å². The van der Waals surface area contributed by atoms with E-state index in [9.17, 15) is 17.4 Å². The van der Waals surface area contributed by atoms with Crippen LogP contribution in [0.5, 0.6) is 0 Å². The van der Waals surface area contributed by atoms with Crippen LogP contribution in [-0.2, 0) is 17.0 Å². The topological polar surface area (TPSA) is 53.5 Å². The Labute approximate surface area is 188 Å². The van der Waals surface area contributed by atoms with Gasteiger partial charge in [-0.1, -0.05) is 30.3 Å². The van der Waals surface area contributed by atoms with Crippen molar-refractivity contribution in [1.29, 1.82) is 0 Å². The molecule has 0 spiro atoms. The molecule has 0 aliphatic heterocycles. The highest BCUT2D eigenvalue weighted by Gasteiger charge is 2.30. The van der Waals surface area contributed by atoms with Crippen molar-refractivity contribution in [3.63, 3.8) is 0 Å². The Morgan fingerprint density at radius 2 is 1.83 bits per heavy atom. The van der Waals surface area contributed by atoms with Gasteiger partial charge in [-0.3, -0.25) is 9.20 Å². The van der Waals surface area contributed by atoms with Crippen molar-refractivity contribution in [2.24, 2.45) is 4.99 Å². The maximum atomic E-state index is 12.9. The van der Waals surface area contributed by atoms with Gasteiger partial charge in [0, 0.05) is 17.2 Å². The molecule has 2 unspecified atom stereocenters. The molecule has 0 bridgehead atoms. The monoisotopic (exact) mass is 539 g/mol. The van der Waals surface area contributed by atoms with E-state index in [1.54, 1.807) is 25.1 Å². The minimum Gasteiger partial charge on any atom is -0.357 e. The molecule has 4 nitrogen and oxygen atoms in total. The molecule has 2 rings (SSSR count). The Balaban J connectivity index is 0.00000420. The van der Waals surface area contributed by atoms with E-state index in [0.717, 1.165) is 17.0 Å². The average Bonchev–Trinajstić information content (AvgIpc) is 2.68. The Kier molecular flexibility index (Phi) is 10.7. The highest BCUT2D eigenvalue weighted by atomic mass is 127. The third-order valence-electron chi connectivity index (χ3n) is 3.96. The average molecular weight is 539 g/mol. The zero-order valence-corrected chi connectivity index (χ0v) is 19.3. The molecule has 0 amide bonds. The first-order valence-electron chi connectivity index (χ1n) is 8.96. The van der Waals surface area contributed by atoms with Crippen molar-refractivity contribution in [3.05, 3.63) is 65.7 Å². The van der Waals surface area contributed by atoms with Crippen LogP contribution in [0, 0.1) is 0 Å². The number of alkyl halides is 3. The number of benzene rings is 2. The maximum absolute atomic E-state index is 12.9. The number of hydrogen-bond donors (Lipinski definition) is 2. The second-order valence-electron chi connectivity index (χ2n) is 6.11. The molecule has 2 aromatic carbocycles. The third-order valence-corrected chi connectivity index (χ3v) is 5.32. The highest BCUT2D eigenvalue weighted by Crippen LogP contribution is 2.30. The molecule has 0 aromatic heterocycles. The van der Waals surface area contributed by atoms with Gasteiger partial charge in [0.2, 0.25) is 0 Å². The standard InChI is InChI=1S/C20H24F3N3OS.HI/c1-3-24-19(25-12-13-28(27)18-10-5-4-6-11-18)26-15(2)16-8-7-9-17(14-16)20(21,22)23;/h4-11,14-15H,3,12-13H2,1-2H3,(H2,24,25,26);1H. The SMILES string of the molecule is CCNC(=NCCS(=O)c1ccccc1)NC(C)c1cccc(C(F)(F)F)c1.I. The quantitative estimate of drug-likeness (QED) is 0.304. The molecule has 2 aromatic rings. The number of guanidine groups is 1. The van der Waals surface area contributed by atoms with E-state index in [2.05, 4.69) is 15.6 Å². The zero-order valence-electron chi connectivity index (χ0n) is 16.2. The molecule has 29 heavy (non-hydrogen) atoms. The van der Waals surface area contributed by atoms with E-state index in [-0.39, 0.29) is 30.0 Å². The Morgan fingerprint density at radius 1 is 1.14 bits per heavy atom. The van der Waals surface area contributed by atoms with Gasteiger partial charge in [-0.05, 0) is 43.7 Å². The van der Waals surface area contributed by atoms with Crippen LogP contribution in [0.25, 0.3) is 0 Å². The second-order valence-corrected chi connectivity index (χ2v) is 7.68. The van der Waals surface area contributed by atoms with Crippen LogP contribution in [0.3, 0.4) is 0 Å². The minimum absolute atomic E-state index is 0. The second kappa shape index (κ2) is 12.2. The fraction of sp³-hybridized carbons (Fsp3) is 0.350. The van der Waals surface area contributed by atoms with Gasteiger partial charge < -0.3 is 10.6 Å². The van der Waals surface area contributed by atoms with Crippen LogP contribution in [0.4, 0.5) is 13.2 Å². The number of aliphatic imine (C=N–C) groups is 1. The van der Waals surface area contributed by atoms with Crippen molar-refractivity contribution in [3.8, 4) is 0 Å². The molecule has 0 saturated carbocycles. The fourth-order valence-electron chi connectivity index (χ4n) is 2.52. The third kappa shape index (κ3) is 8.33. The minimum atomic E-state index is -4.38. The van der Waals surface area contributed by atoms with Crippen molar-refractivity contribution >= 4 is 40.7 Å². The Morgan fingerprint density at radius 3 is 2.45 bits per heavy atom. The van der Waals surface area contributed by atoms with Crippen molar-refractivity contribution in [2.45, 2.75) is 31.0 Å². The predicted molar refractivity (Wildman–Crippen MR) is 122 cm³/mol. The van der Waals surface area contributed by atoms with Gasteiger partial charge in [0.1, 0.15) is 0 Å². The molecule has 9 heteroatoms. The summed E-state index contributed by atoms with van der Waals surface area (Å²) in [6.07, 6.45) is -4.38. The van der Waals surface area contributed by atoms with Gasteiger partial charge in [-0.25, -0.2) is 0 Å². The lowest BCUT2D eigenvalue weighted by Gasteiger charge is -2.19. The van der Waals surface area contributed by atoms with Crippen LogP contribution in [0.15, 0.2) is 64.5 Å². The Bertz CT molecular complexity index is 816. The summed E-state index contributed by atoms with van der Waals surface area (Å²) >= 11 is 0. The molecular formula is C20H25F3IN3OS. The number of rotatable bonds is 7. The lowest BCUT2D eigenvalue weighted by Crippen LogP contribution is -2.39. The van der Waals surface area contributed by atoms with E-state index < -0.39 is 22.5 Å². The molecule has 0 fully saturated rings. The van der Waals surface area contributed by atoms with Gasteiger partial charge in [-0.2, -0.15) is 13.2 Å². The zero-order chi connectivity index (χ0) is 20.6. The maximum Gasteiger partial charge on any atom is 0.416 e. The smallest absolute Gasteiger partial charge is 0.357 e. The van der Waals surface area contributed by atoms with E-state index >= 15 is 0 Å². The van der Waals surface area contributed by atoms with E-state index in [1.165, 1.54) is 6.07 Å². The summed E-state index contributed by atoms with van der Waals surface area (Å²) in [6.45, 7) is 4.59. The molecule has 0 aliphatic carbocycles. The molecule has 0 saturated heterocycles. The van der Waals surface area contributed by atoms with Crippen LogP contribution in [0.2, 0.25) is 0 Å². The van der Waals surface area contributed by atoms with Crippen molar-refractivity contribution in [1.82, 2.24) is 10.6 Å². The number of hydrogen-bond acceptors (Lipinski definition) is 2. The van der Waals surface area contributed by atoms with E-state index in [4.69, 9.17) is 0 Å². The van der Waals surface area contributed by atoms with Crippen molar-refractivity contribution in [2.75, 3.05) is 18.8 Å². The lowest BCUT2D eigenvalue weighted by molar-refractivity contribution is -0.137. The first-order chi connectivity index (χ1) is 13.3. The summed E-state index contributed by atoms with van der Waals surface area (Å²) in [5.74, 6) is 0.830.